The summed E-state index contributed by atoms with van der Waals surface area (Å²) in [5, 5.41) is 11.9. The van der Waals surface area contributed by atoms with Gasteiger partial charge in [0.1, 0.15) is 5.82 Å². The summed E-state index contributed by atoms with van der Waals surface area (Å²) in [6.45, 7) is 4.31. The average Bonchev–Trinajstić information content (AvgIpc) is 2.24. The highest BCUT2D eigenvalue weighted by molar-refractivity contribution is 5.46. The molecule has 0 aliphatic heterocycles. The largest absolute Gasteiger partial charge is 0.384 e. The Morgan fingerprint density at radius 1 is 1.53 bits per heavy atom. The van der Waals surface area contributed by atoms with Crippen LogP contribution in [-0.4, -0.2) is 6.54 Å². The fourth-order valence-corrected chi connectivity index (χ4v) is 1.28. The van der Waals surface area contributed by atoms with Crippen molar-refractivity contribution in [3.8, 4) is 6.07 Å². The molecule has 0 saturated carbocycles. The average molecular weight is 206 g/mol. The maximum atomic E-state index is 12.9. The number of nitriles is 1. The van der Waals surface area contributed by atoms with Gasteiger partial charge in [-0.1, -0.05) is 6.92 Å². The summed E-state index contributed by atoms with van der Waals surface area (Å²) in [4.78, 5) is 0. The molecule has 0 heterocycles. The molecule has 1 aromatic rings. The molecule has 0 aliphatic rings. The van der Waals surface area contributed by atoms with E-state index in [1.54, 1.807) is 19.1 Å². The van der Waals surface area contributed by atoms with Crippen LogP contribution in [0.15, 0.2) is 18.2 Å². The first-order chi connectivity index (χ1) is 7.17. The van der Waals surface area contributed by atoms with E-state index in [-0.39, 0.29) is 11.7 Å². The van der Waals surface area contributed by atoms with Crippen LogP contribution >= 0.6 is 0 Å². The number of nitrogens with one attached hydrogen (secondary N) is 1. The van der Waals surface area contributed by atoms with Gasteiger partial charge in [0.15, 0.2) is 0 Å². The second kappa shape index (κ2) is 5.35. The van der Waals surface area contributed by atoms with E-state index in [2.05, 4.69) is 11.4 Å². The van der Waals surface area contributed by atoms with Gasteiger partial charge in [0.05, 0.1) is 12.0 Å². The Labute approximate surface area is 89.7 Å². The number of benzene rings is 1. The summed E-state index contributed by atoms with van der Waals surface area (Å²) in [7, 11) is 0. The van der Waals surface area contributed by atoms with E-state index in [1.165, 1.54) is 6.07 Å². The van der Waals surface area contributed by atoms with Gasteiger partial charge in [-0.2, -0.15) is 5.26 Å². The molecule has 0 fully saturated rings. The minimum absolute atomic E-state index is 0.00959. The Balaban J connectivity index is 2.59. The first kappa shape index (κ1) is 11.5. The van der Waals surface area contributed by atoms with E-state index < -0.39 is 0 Å². The zero-order valence-electron chi connectivity index (χ0n) is 9.05. The van der Waals surface area contributed by atoms with Gasteiger partial charge < -0.3 is 5.32 Å². The van der Waals surface area contributed by atoms with Gasteiger partial charge in [0.25, 0.3) is 0 Å². The maximum absolute atomic E-state index is 12.9. The second-order valence-corrected chi connectivity index (χ2v) is 3.58. The van der Waals surface area contributed by atoms with Crippen LogP contribution in [0.4, 0.5) is 10.1 Å². The first-order valence-corrected chi connectivity index (χ1v) is 5.07. The number of hydrogen-bond acceptors (Lipinski definition) is 2. The van der Waals surface area contributed by atoms with Crippen LogP contribution in [0.2, 0.25) is 0 Å². The Bertz CT molecular complexity index is 368. The fraction of sp³-hybridized carbons (Fsp3) is 0.417. The third-order valence-electron chi connectivity index (χ3n) is 2.39. The summed E-state index contributed by atoms with van der Waals surface area (Å²) in [6.07, 6.45) is 0.823. The third kappa shape index (κ3) is 3.25. The zero-order chi connectivity index (χ0) is 11.3. The predicted molar refractivity (Wildman–Crippen MR) is 59.0 cm³/mol. The van der Waals surface area contributed by atoms with Gasteiger partial charge >= 0.3 is 0 Å². The van der Waals surface area contributed by atoms with Crippen LogP contribution in [0.3, 0.4) is 0 Å². The normalized spacial score (nSPS) is 11.9. The molecule has 15 heavy (non-hydrogen) atoms. The summed E-state index contributed by atoms with van der Waals surface area (Å²) in [5.74, 6) is -0.191. The number of aryl methyl sites for hydroxylation is 1. The molecular weight excluding hydrogens is 191 g/mol. The van der Waals surface area contributed by atoms with Crippen LogP contribution < -0.4 is 5.32 Å². The Morgan fingerprint density at radius 3 is 2.80 bits per heavy atom. The third-order valence-corrected chi connectivity index (χ3v) is 2.39. The van der Waals surface area contributed by atoms with Crippen molar-refractivity contribution in [1.82, 2.24) is 0 Å². The number of anilines is 1. The van der Waals surface area contributed by atoms with E-state index in [1.807, 2.05) is 6.92 Å². The van der Waals surface area contributed by atoms with E-state index >= 15 is 0 Å². The number of nitrogens with zero attached hydrogens (tertiary/aromatic N) is 1. The van der Waals surface area contributed by atoms with Crippen molar-refractivity contribution in [1.29, 1.82) is 5.26 Å². The Morgan fingerprint density at radius 2 is 2.27 bits per heavy atom. The maximum Gasteiger partial charge on any atom is 0.126 e. The van der Waals surface area contributed by atoms with E-state index in [4.69, 9.17) is 5.26 Å². The van der Waals surface area contributed by atoms with E-state index in [0.717, 1.165) is 12.1 Å². The molecule has 1 rings (SSSR count). The standard InChI is InChI=1S/C12H15FN2/c1-3-10(7-14)8-15-11-4-5-12(13)9(2)6-11/h4-6,10,15H,3,8H2,1-2H3. The molecular formula is C12H15FN2. The molecule has 0 saturated heterocycles. The monoisotopic (exact) mass is 206 g/mol. The first-order valence-electron chi connectivity index (χ1n) is 5.07. The lowest BCUT2D eigenvalue weighted by molar-refractivity contribution is 0.618. The molecule has 1 N–H and O–H groups in total. The SMILES string of the molecule is CCC(C#N)CNc1ccc(F)c(C)c1. The second-order valence-electron chi connectivity index (χ2n) is 3.58. The number of halogens is 1. The van der Waals surface area contributed by atoms with Crippen LogP contribution in [0.1, 0.15) is 18.9 Å². The highest BCUT2D eigenvalue weighted by atomic mass is 19.1. The van der Waals surface area contributed by atoms with Crippen molar-refractivity contribution in [3.05, 3.63) is 29.6 Å². The molecule has 2 nitrogen and oxygen atoms in total. The number of hydrogen-bond donors (Lipinski definition) is 1. The Hall–Kier alpha value is -1.56. The van der Waals surface area contributed by atoms with Crippen LogP contribution in [0, 0.1) is 30.0 Å². The minimum Gasteiger partial charge on any atom is -0.384 e. The van der Waals surface area contributed by atoms with Crippen molar-refractivity contribution in [2.75, 3.05) is 11.9 Å². The molecule has 0 spiro atoms. The molecule has 1 aromatic carbocycles. The lowest BCUT2D eigenvalue weighted by atomic mass is 10.1. The van der Waals surface area contributed by atoms with Gasteiger partial charge in [-0.25, -0.2) is 4.39 Å². The van der Waals surface area contributed by atoms with Crippen molar-refractivity contribution < 1.29 is 4.39 Å². The lowest BCUT2D eigenvalue weighted by Crippen LogP contribution is -2.11. The molecule has 1 unspecified atom stereocenters. The van der Waals surface area contributed by atoms with Gasteiger partial charge in [0.2, 0.25) is 0 Å². The molecule has 0 amide bonds. The topological polar surface area (TPSA) is 35.8 Å². The van der Waals surface area contributed by atoms with E-state index in [9.17, 15) is 4.39 Å². The van der Waals surface area contributed by atoms with Gasteiger partial charge in [-0.05, 0) is 37.1 Å². The van der Waals surface area contributed by atoms with Crippen LogP contribution in [0.5, 0.6) is 0 Å². The highest BCUT2D eigenvalue weighted by Gasteiger charge is 2.04. The quantitative estimate of drug-likeness (QED) is 0.821. The van der Waals surface area contributed by atoms with Crippen LogP contribution in [0.25, 0.3) is 0 Å². The minimum atomic E-state index is -0.201. The van der Waals surface area contributed by atoms with E-state index in [0.29, 0.717) is 12.1 Å². The summed E-state index contributed by atoms with van der Waals surface area (Å²) >= 11 is 0. The molecule has 0 aliphatic carbocycles. The molecule has 1 atom stereocenters. The zero-order valence-corrected chi connectivity index (χ0v) is 9.05. The molecule has 3 heteroatoms. The van der Waals surface area contributed by atoms with Crippen molar-refractivity contribution in [2.24, 2.45) is 5.92 Å². The summed E-state index contributed by atoms with van der Waals surface area (Å²) < 4.78 is 12.9. The molecule has 0 radical (unpaired) electrons. The molecule has 0 aromatic heterocycles. The van der Waals surface area contributed by atoms with Gasteiger partial charge in [-0.3, -0.25) is 0 Å². The Kier molecular flexibility index (Phi) is 4.11. The highest BCUT2D eigenvalue weighted by Crippen LogP contribution is 2.14. The van der Waals surface area contributed by atoms with Gasteiger partial charge in [-0.15, -0.1) is 0 Å². The van der Waals surface area contributed by atoms with Crippen LogP contribution in [-0.2, 0) is 0 Å². The van der Waals surface area contributed by atoms with Crippen molar-refractivity contribution in [2.45, 2.75) is 20.3 Å². The van der Waals surface area contributed by atoms with Crippen molar-refractivity contribution in [3.63, 3.8) is 0 Å². The summed E-state index contributed by atoms with van der Waals surface area (Å²) in [5.41, 5.74) is 1.48. The fourth-order valence-electron chi connectivity index (χ4n) is 1.28. The van der Waals surface area contributed by atoms with Crippen molar-refractivity contribution >= 4 is 5.69 Å². The smallest absolute Gasteiger partial charge is 0.126 e. The summed E-state index contributed by atoms with van der Waals surface area (Å²) in [6, 6.07) is 7.08. The number of rotatable bonds is 4. The van der Waals surface area contributed by atoms with Gasteiger partial charge in [0, 0.05) is 12.2 Å². The lowest BCUT2D eigenvalue weighted by Gasteiger charge is -2.10. The molecule has 80 valence electrons. The predicted octanol–water partition coefficient (Wildman–Crippen LogP) is 3.10. The molecule has 0 bridgehead atoms.